The van der Waals surface area contributed by atoms with Crippen LogP contribution in [0.5, 0.6) is 34.5 Å². The number of benzene rings is 4. The molecule has 0 amide bonds. The smallest absolute Gasteiger partial charge is 0.161 e. The highest BCUT2D eigenvalue weighted by molar-refractivity contribution is 8.76. The third kappa shape index (κ3) is 7.71. The maximum absolute atomic E-state index is 10.1. The Labute approximate surface area is 253 Å². The van der Waals surface area contributed by atoms with Crippen molar-refractivity contribution < 1.29 is 29.2 Å². The molecule has 0 bridgehead atoms. The highest BCUT2D eigenvalue weighted by atomic mass is 33.1. The molecule has 0 spiro atoms. The van der Waals surface area contributed by atoms with E-state index in [1.807, 2.05) is 36.4 Å². The minimum Gasteiger partial charge on any atom is -0.507 e. The number of ether oxygens (including phenoxy) is 4. The van der Waals surface area contributed by atoms with Gasteiger partial charge in [-0.1, -0.05) is 45.9 Å². The molecule has 0 aliphatic heterocycles. The number of nitrogens with zero attached hydrogens (tertiary/aromatic N) is 2. The summed E-state index contributed by atoms with van der Waals surface area (Å²) in [6, 6.07) is 21.8. The van der Waals surface area contributed by atoms with Crippen LogP contribution in [0.4, 0.5) is 0 Å². The van der Waals surface area contributed by atoms with Crippen LogP contribution in [0, 0.1) is 0 Å². The van der Waals surface area contributed by atoms with Crippen LogP contribution in [0.1, 0.15) is 22.3 Å². The van der Waals surface area contributed by atoms with Crippen molar-refractivity contribution in [1.82, 2.24) is 0 Å². The summed E-state index contributed by atoms with van der Waals surface area (Å²) < 4.78 is 22.2. The fourth-order valence-corrected chi connectivity index (χ4v) is 6.40. The minimum atomic E-state index is 0.171. The van der Waals surface area contributed by atoms with E-state index in [9.17, 15) is 10.2 Å². The van der Waals surface area contributed by atoms with E-state index in [4.69, 9.17) is 18.9 Å². The van der Waals surface area contributed by atoms with Crippen LogP contribution in [-0.2, 0) is 13.1 Å². The second-order valence-corrected chi connectivity index (χ2v) is 11.1. The average molecular weight is 605 g/mol. The van der Waals surface area contributed by atoms with Gasteiger partial charge < -0.3 is 29.2 Å². The van der Waals surface area contributed by atoms with Gasteiger partial charge >= 0.3 is 0 Å². The van der Waals surface area contributed by atoms with Crippen LogP contribution in [0.15, 0.2) is 92.6 Å². The normalized spacial score (nSPS) is 11.2. The zero-order valence-corrected chi connectivity index (χ0v) is 25.4. The van der Waals surface area contributed by atoms with Crippen molar-refractivity contribution in [2.45, 2.75) is 22.9 Å². The molecule has 0 unspecified atom stereocenters. The Hall–Kier alpha value is -4.28. The molecule has 42 heavy (non-hydrogen) atoms. The van der Waals surface area contributed by atoms with Crippen molar-refractivity contribution >= 4 is 34.0 Å². The molecule has 10 heteroatoms. The number of aliphatic imine (C=N–C) groups is 2. The van der Waals surface area contributed by atoms with E-state index >= 15 is 0 Å². The van der Waals surface area contributed by atoms with Gasteiger partial charge in [-0.2, -0.15) is 0 Å². The molecule has 0 aromatic heterocycles. The number of para-hydroxylation sites is 2. The van der Waals surface area contributed by atoms with Crippen molar-refractivity contribution in [3.05, 3.63) is 95.1 Å². The van der Waals surface area contributed by atoms with E-state index in [1.165, 1.54) is 0 Å². The first-order valence-electron chi connectivity index (χ1n) is 12.9. The fourth-order valence-electron chi connectivity index (χ4n) is 3.97. The highest BCUT2D eigenvalue weighted by Crippen LogP contribution is 2.46. The molecule has 0 saturated heterocycles. The summed E-state index contributed by atoms with van der Waals surface area (Å²) in [6.45, 7) is 0.725. The predicted octanol–water partition coefficient (Wildman–Crippen LogP) is 7.17. The number of rotatable bonds is 13. The summed E-state index contributed by atoms with van der Waals surface area (Å²) in [5.41, 5.74) is 3.13. The van der Waals surface area contributed by atoms with E-state index < -0.39 is 0 Å². The Balaban J connectivity index is 1.63. The average Bonchev–Trinajstić information content (AvgIpc) is 3.01. The third-order valence-corrected chi connectivity index (χ3v) is 8.74. The van der Waals surface area contributed by atoms with E-state index in [2.05, 4.69) is 9.98 Å². The molecule has 0 heterocycles. The van der Waals surface area contributed by atoms with Crippen molar-refractivity contribution in [1.29, 1.82) is 0 Å². The molecule has 4 rings (SSSR count). The molecular formula is C32H32N2O6S2. The largest absolute Gasteiger partial charge is 0.507 e. The summed E-state index contributed by atoms with van der Waals surface area (Å²) in [5, 5.41) is 20.2. The number of phenols is 2. The number of aromatic hydroxyl groups is 2. The first kappa shape index (κ1) is 30.7. The molecule has 0 saturated carbocycles. The molecule has 8 nitrogen and oxygen atoms in total. The van der Waals surface area contributed by atoms with E-state index in [0.717, 1.165) is 20.9 Å². The number of hydrogen-bond acceptors (Lipinski definition) is 10. The maximum Gasteiger partial charge on any atom is 0.161 e. The zero-order valence-electron chi connectivity index (χ0n) is 23.7. The Morgan fingerprint density at radius 2 is 0.929 bits per heavy atom. The lowest BCUT2D eigenvalue weighted by Gasteiger charge is -2.16. The van der Waals surface area contributed by atoms with E-state index in [-0.39, 0.29) is 11.5 Å². The summed E-state index contributed by atoms with van der Waals surface area (Å²) in [4.78, 5) is 11.0. The van der Waals surface area contributed by atoms with Gasteiger partial charge in [-0.05, 0) is 59.7 Å². The molecular weight excluding hydrogens is 572 g/mol. The number of hydrogen-bond donors (Lipinski definition) is 2. The maximum atomic E-state index is 10.1. The lowest BCUT2D eigenvalue weighted by Crippen LogP contribution is -1.96. The van der Waals surface area contributed by atoms with Crippen LogP contribution in [-0.4, -0.2) is 51.1 Å². The minimum absolute atomic E-state index is 0.171. The lowest BCUT2D eigenvalue weighted by molar-refractivity contribution is 0.353. The van der Waals surface area contributed by atoms with Gasteiger partial charge in [-0.3, -0.25) is 9.98 Å². The van der Waals surface area contributed by atoms with Crippen LogP contribution in [0.3, 0.4) is 0 Å². The van der Waals surface area contributed by atoms with Crippen LogP contribution >= 0.6 is 21.6 Å². The molecule has 0 aliphatic carbocycles. The zero-order chi connectivity index (χ0) is 29.9. The third-order valence-electron chi connectivity index (χ3n) is 6.21. The second-order valence-electron chi connectivity index (χ2n) is 8.85. The van der Waals surface area contributed by atoms with Gasteiger partial charge in [-0.15, -0.1) is 0 Å². The monoisotopic (exact) mass is 604 g/mol. The van der Waals surface area contributed by atoms with Crippen molar-refractivity contribution in [3.8, 4) is 34.5 Å². The fraction of sp³-hybridized carbons (Fsp3) is 0.188. The molecule has 218 valence electrons. The Bertz CT molecular complexity index is 1460. The van der Waals surface area contributed by atoms with E-state index in [1.54, 1.807) is 98.9 Å². The van der Waals surface area contributed by atoms with Crippen molar-refractivity contribution in [2.24, 2.45) is 9.98 Å². The lowest BCUT2D eigenvalue weighted by atomic mass is 10.2. The Morgan fingerprint density at radius 1 is 0.571 bits per heavy atom. The summed E-state index contributed by atoms with van der Waals surface area (Å²) in [7, 11) is 9.49. The molecule has 0 aliphatic rings. The first-order valence-corrected chi connectivity index (χ1v) is 15.0. The molecule has 0 fully saturated rings. The molecule has 4 aromatic carbocycles. The molecule has 0 atom stereocenters. The quantitative estimate of drug-likeness (QED) is 0.122. The SMILES string of the molecule is COc1cc(CN=Cc2ccccc2O)c(SSc2cc(OC)c(OC)cc2CN=Cc2ccccc2O)cc1OC. The number of methoxy groups -OCH3 is 4. The van der Waals surface area contributed by atoms with Gasteiger partial charge in [0.05, 0.1) is 41.5 Å². The van der Waals surface area contributed by atoms with Gasteiger partial charge in [0.1, 0.15) is 11.5 Å². The summed E-state index contributed by atoms with van der Waals surface area (Å²) >= 11 is 0. The van der Waals surface area contributed by atoms with Crippen molar-refractivity contribution in [3.63, 3.8) is 0 Å². The highest BCUT2D eigenvalue weighted by Gasteiger charge is 2.16. The topological polar surface area (TPSA) is 102 Å². The molecule has 2 N–H and O–H groups in total. The van der Waals surface area contributed by atoms with Gasteiger partial charge in [0.2, 0.25) is 0 Å². The molecule has 0 radical (unpaired) electrons. The number of phenolic OH excluding ortho intramolecular Hbond substituents is 2. The first-order chi connectivity index (χ1) is 20.5. The van der Waals surface area contributed by atoms with Gasteiger partial charge in [0.25, 0.3) is 0 Å². The van der Waals surface area contributed by atoms with Gasteiger partial charge in [0.15, 0.2) is 23.0 Å². The Kier molecular flexibility index (Phi) is 11.0. The van der Waals surface area contributed by atoms with Gasteiger partial charge in [0, 0.05) is 33.3 Å². The van der Waals surface area contributed by atoms with Crippen LogP contribution in [0.2, 0.25) is 0 Å². The van der Waals surface area contributed by atoms with Crippen molar-refractivity contribution in [2.75, 3.05) is 28.4 Å². The molecule has 4 aromatic rings. The summed E-state index contributed by atoms with van der Waals surface area (Å²) in [5.74, 6) is 2.76. The van der Waals surface area contributed by atoms with Crippen LogP contribution in [0.25, 0.3) is 0 Å². The predicted molar refractivity (Wildman–Crippen MR) is 170 cm³/mol. The van der Waals surface area contributed by atoms with Gasteiger partial charge in [-0.25, -0.2) is 0 Å². The Morgan fingerprint density at radius 3 is 1.29 bits per heavy atom. The standard InChI is InChI=1S/C32H32N2O6S2/c1-37-27-13-23(19-33-17-21-9-5-7-11-25(21)35)31(15-29(27)39-3)41-42-32-16-30(40-4)28(38-2)14-24(32)20-34-18-22-10-6-8-12-26(22)36/h5-18,35-36H,19-20H2,1-4H3. The second kappa shape index (κ2) is 15.1. The van der Waals surface area contributed by atoms with Crippen LogP contribution < -0.4 is 18.9 Å². The summed E-state index contributed by atoms with van der Waals surface area (Å²) in [6.07, 6.45) is 3.31. The van der Waals surface area contributed by atoms with E-state index in [0.29, 0.717) is 47.2 Å².